The van der Waals surface area contributed by atoms with Crippen LogP contribution >= 0.6 is 0 Å². The molecule has 0 aliphatic heterocycles. The van der Waals surface area contributed by atoms with E-state index in [2.05, 4.69) is 17.3 Å². The summed E-state index contributed by atoms with van der Waals surface area (Å²) >= 11 is 0. The fraction of sp³-hybridized carbons (Fsp3) is 0.238. The Kier molecular flexibility index (Phi) is 5.29. The summed E-state index contributed by atoms with van der Waals surface area (Å²) in [5.74, 6) is 0.351. The van der Waals surface area contributed by atoms with E-state index in [0.717, 1.165) is 35.6 Å². The third-order valence-electron chi connectivity index (χ3n) is 4.12. The maximum absolute atomic E-state index is 13.1. The van der Waals surface area contributed by atoms with Gasteiger partial charge in [0.25, 0.3) is 0 Å². The van der Waals surface area contributed by atoms with E-state index in [4.69, 9.17) is 0 Å². The molecule has 0 fully saturated rings. The number of carbonyl (C=O) groups is 1. The summed E-state index contributed by atoms with van der Waals surface area (Å²) in [7, 11) is 0. The lowest BCUT2D eigenvalue weighted by Crippen LogP contribution is -2.23. The summed E-state index contributed by atoms with van der Waals surface area (Å²) in [5, 5.41) is 7.53. The Labute approximate surface area is 148 Å². The van der Waals surface area contributed by atoms with Crippen LogP contribution in [0.1, 0.15) is 36.1 Å². The van der Waals surface area contributed by atoms with Gasteiger partial charge >= 0.3 is 0 Å². The summed E-state index contributed by atoms with van der Waals surface area (Å²) in [6, 6.07) is 21.7. The van der Waals surface area contributed by atoms with E-state index in [0.29, 0.717) is 0 Å². The van der Waals surface area contributed by atoms with Gasteiger partial charge in [-0.15, -0.1) is 0 Å². The van der Waals surface area contributed by atoms with Gasteiger partial charge in [0.2, 0.25) is 5.91 Å². The van der Waals surface area contributed by atoms with E-state index >= 15 is 0 Å². The molecule has 1 amide bonds. The number of carbonyl (C=O) groups excluding carboxylic acids is 1. The molecule has 128 valence electrons. The van der Waals surface area contributed by atoms with Crippen LogP contribution in [0.3, 0.4) is 0 Å². The molecule has 0 radical (unpaired) electrons. The smallest absolute Gasteiger partial charge is 0.237 e. The highest BCUT2D eigenvalue weighted by molar-refractivity contribution is 5.97. The number of benzene rings is 2. The maximum atomic E-state index is 13.1. The van der Waals surface area contributed by atoms with Crippen molar-refractivity contribution in [3.8, 4) is 0 Å². The molecule has 3 rings (SSSR count). The first-order valence-electron chi connectivity index (χ1n) is 8.64. The number of hydrogen-bond acceptors (Lipinski definition) is 2. The van der Waals surface area contributed by atoms with E-state index in [1.807, 2.05) is 78.3 Å². The van der Waals surface area contributed by atoms with Crippen LogP contribution in [0.5, 0.6) is 0 Å². The highest BCUT2D eigenvalue weighted by atomic mass is 16.2. The molecule has 0 atom stereocenters. The molecule has 25 heavy (non-hydrogen) atoms. The Morgan fingerprint density at radius 1 is 1.04 bits per heavy atom. The summed E-state index contributed by atoms with van der Waals surface area (Å²) in [5.41, 5.74) is 2.86. The zero-order valence-corrected chi connectivity index (χ0v) is 14.6. The minimum Gasteiger partial charge on any atom is -0.310 e. The van der Waals surface area contributed by atoms with Gasteiger partial charge in [0, 0.05) is 12.6 Å². The van der Waals surface area contributed by atoms with Crippen LogP contribution in [-0.2, 0) is 11.3 Å². The van der Waals surface area contributed by atoms with Gasteiger partial charge in [0.1, 0.15) is 5.82 Å². The van der Waals surface area contributed by atoms with E-state index in [9.17, 15) is 4.79 Å². The number of aryl methyl sites for hydroxylation is 2. The Bertz CT molecular complexity index is 785. The second kappa shape index (κ2) is 7.79. The number of aromatic nitrogens is 2. The molecule has 0 bridgehead atoms. The highest BCUT2D eigenvalue weighted by Crippen LogP contribution is 2.26. The van der Waals surface area contributed by atoms with Crippen molar-refractivity contribution in [1.29, 1.82) is 0 Å². The molecular weight excluding hydrogens is 310 g/mol. The van der Waals surface area contributed by atoms with E-state index in [1.54, 1.807) is 0 Å². The number of anilines is 1. The van der Waals surface area contributed by atoms with Crippen LogP contribution in [-0.4, -0.2) is 15.7 Å². The fourth-order valence-electron chi connectivity index (χ4n) is 3.01. The molecule has 0 saturated heterocycles. The molecule has 0 unspecified atom stereocenters. The standard InChI is InChI=1S/C21H23N3O/c1-3-14-24-19(15-16(2)23-24)22-21(25)20(17-10-6-4-7-11-17)18-12-8-5-9-13-18/h4-13,15,20H,3,14H2,1-2H3,(H,22,25). The molecule has 4 nitrogen and oxygen atoms in total. The molecule has 1 aromatic heterocycles. The largest absolute Gasteiger partial charge is 0.310 e. The molecule has 4 heteroatoms. The second-order valence-corrected chi connectivity index (χ2v) is 6.14. The minimum atomic E-state index is -0.354. The predicted molar refractivity (Wildman–Crippen MR) is 101 cm³/mol. The SMILES string of the molecule is CCCn1nc(C)cc1NC(=O)C(c1ccccc1)c1ccccc1. The number of hydrogen-bond donors (Lipinski definition) is 1. The third kappa shape index (κ3) is 3.97. The van der Waals surface area contributed by atoms with Gasteiger partial charge in [0.15, 0.2) is 0 Å². The van der Waals surface area contributed by atoms with Crippen molar-refractivity contribution < 1.29 is 4.79 Å². The highest BCUT2D eigenvalue weighted by Gasteiger charge is 2.23. The molecule has 0 saturated carbocycles. The van der Waals surface area contributed by atoms with E-state index in [-0.39, 0.29) is 11.8 Å². The van der Waals surface area contributed by atoms with Crippen molar-refractivity contribution in [2.75, 3.05) is 5.32 Å². The summed E-state index contributed by atoms with van der Waals surface area (Å²) in [6.07, 6.45) is 0.963. The van der Waals surface area contributed by atoms with Crippen LogP contribution < -0.4 is 5.32 Å². The Hall–Kier alpha value is -2.88. The molecular formula is C21H23N3O. The van der Waals surface area contributed by atoms with Gasteiger partial charge in [-0.25, -0.2) is 4.68 Å². The Morgan fingerprint density at radius 3 is 2.12 bits per heavy atom. The van der Waals surface area contributed by atoms with Crippen molar-refractivity contribution in [3.05, 3.63) is 83.6 Å². The summed E-state index contributed by atoms with van der Waals surface area (Å²) in [4.78, 5) is 13.1. The lowest BCUT2D eigenvalue weighted by Gasteiger charge is -2.18. The van der Waals surface area contributed by atoms with E-state index in [1.165, 1.54) is 0 Å². The quantitative estimate of drug-likeness (QED) is 0.728. The van der Waals surface area contributed by atoms with Gasteiger partial charge in [-0.2, -0.15) is 5.10 Å². The van der Waals surface area contributed by atoms with Crippen LogP contribution in [0.4, 0.5) is 5.82 Å². The number of nitrogens with zero attached hydrogens (tertiary/aromatic N) is 2. The van der Waals surface area contributed by atoms with Gasteiger partial charge in [-0.3, -0.25) is 4.79 Å². The second-order valence-electron chi connectivity index (χ2n) is 6.14. The lowest BCUT2D eigenvalue weighted by atomic mass is 9.90. The molecule has 1 N–H and O–H groups in total. The first-order valence-corrected chi connectivity index (χ1v) is 8.64. The predicted octanol–water partition coefficient (Wildman–Crippen LogP) is 4.37. The number of rotatable bonds is 6. The van der Waals surface area contributed by atoms with Crippen molar-refractivity contribution in [2.45, 2.75) is 32.7 Å². The van der Waals surface area contributed by atoms with Gasteiger partial charge in [-0.1, -0.05) is 67.6 Å². The topological polar surface area (TPSA) is 46.9 Å². The average molecular weight is 333 g/mol. The Morgan fingerprint density at radius 2 is 1.60 bits per heavy atom. The summed E-state index contributed by atoms with van der Waals surface area (Å²) in [6.45, 7) is 4.82. The lowest BCUT2D eigenvalue weighted by molar-refractivity contribution is -0.116. The summed E-state index contributed by atoms with van der Waals surface area (Å²) < 4.78 is 1.86. The van der Waals surface area contributed by atoms with Gasteiger partial charge < -0.3 is 5.32 Å². The Balaban J connectivity index is 1.93. The van der Waals surface area contributed by atoms with Crippen molar-refractivity contribution in [2.24, 2.45) is 0 Å². The van der Waals surface area contributed by atoms with E-state index < -0.39 is 0 Å². The minimum absolute atomic E-state index is 0.0466. The molecule has 2 aromatic carbocycles. The first-order chi connectivity index (χ1) is 12.2. The molecule has 0 aliphatic rings. The molecule has 0 aliphatic carbocycles. The van der Waals surface area contributed by atoms with Crippen molar-refractivity contribution in [3.63, 3.8) is 0 Å². The molecule has 3 aromatic rings. The molecule has 0 spiro atoms. The monoisotopic (exact) mass is 333 g/mol. The van der Waals surface area contributed by atoms with Crippen molar-refractivity contribution >= 4 is 11.7 Å². The fourth-order valence-corrected chi connectivity index (χ4v) is 3.01. The average Bonchev–Trinajstić information content (AvgIpc) is 2.96. The van der Waals surface area contributed by atoms with Gasteiger partial charge in [0.05, 0.1) is 11.6 Å². The zero-order chi connectivity index (χ0) is 17.6. The normalized spacial score (nSPS) is 10.8. The third-order valence-corrected chi connectivity index (χ3v) is 4.12. The van der Waals surface area contributed by atoms with Crippen LogP contribution in [0.25, 0.3) is 0 Å². The van der Waals surface area contributed by atoms with Crippen LogP contribution in [0, 0.1) is 6.92 Å². The van der Waals surface area contributed by atoms with Crippen LogP contribution in [0.15, 0.2) is 66.7 Å². The maximum Gasteiger partial charge on any atom is 0.237 e. The van der Waals surface area contributed by atoms with Crippen molar-refractivity contribution in [1.82, 2.24) is 9.78 Å². The number of nitrogens with one attached hydrogen (secondary N) is 1. The zero-order valence-electron chi connectivity index (χ0n) is 14.6. The first kappa shape index (κ1) is 17.0. The number of amides is 1. The van der Waals surface area contributed by atoms with Crippen LogP contribution in [0.2, 0.25) is 0 Å². The molecule has 1 heterocycles. The van der Waals surface area contributed by atoms with Gasteiger partial charge in [-0.05, 0) is 24.5 Å².